The predicted octanol–water partition coefficient (Wildman–Crippen LogP) is 0.928. The van der Waals surface area contributed by atoms with E-state index in [1.165, 1.54) is 0 Å². The zero-order valence-electron chi connectivity index (χ0n) is 7.05. The van der Waals surface area contributed by atoms with Crippen molar-refractivity contribution in [1.29, 1.82) is 0 Å². The monoisotopic (exact) mass is 185 g/mol. The predicted molar refractivity (Wildman–Crippen MR) is 48.0 cm³/mol. The van der Waals surface area contributed by atoms with Crippen LogP contribution >= 0.6 is 11.3 Å². The number of thiazole rings is 1. The van der Waals surface area contributed by atoms with Crippen LogP contribution in [0.15, 0.2) is 0 Å². The maximum atomic E-state index is 10.4. The van der Waals surface area contributed by atoms with Crippen molar-refractivity contribution in [3.05, 3.63) is 15.6 Å². The van der Waals surface area contributed by atoms with E-state index in [9.17, 15) is 4.79 Å². The third-order valence-corrected chi connectivity index (χ3v) is 2.50. The second-order valence-electron chi connectivity index (χ2n) is 2.46. The molecule has 3 N–H and O–H groups in total. The van der Waals surface area contributed by atoms with Crippen molar-refractivity contribution >= 4 is 17.4 Å². The van der Waals surface area contributed by atoms with Crippen molar-refractivity contribution in [2.75, 3.05) is 0 Å². The number of amides is 2. The van der Waals surface area contributed by atoms with E-state index >= 15 is 0 Å². The normalized spacial score (nSPS) is 9.83. The van der Waals surface area contributed by atoms with E-state index in [-0.39, 0.29) is 0 Å². The number of aryl methyl sites for hydroxylation is 2. The first-order chi connectivity index (χ1) is 5.59. The molecule has 66 valence electrons. The van der Waals surface area contributed by atoms with Gasteiger partial charge in [0.05, 0.1) is 17.2 Å². The molecule has 0 saturated carbocycles. The molecule has 0 atom stereocenters. The summed E-state index contributed by atoms with van der Waals surface area (Å²) in [4.78, 5) is 15.7. The number of urea groups is 1. The summed E-state index contributed by atoms with van der Waals surface area (Å²) in [5.74, 6) is 0. The lowest BCUT2D eigenvalue weighted by molar-refractivity contribution is 0.248. The molecular formula is C7H11N3OS. The molecular weight excluding hydrogens is 174 g/mol. The number of nitrogens with two attached hydrogens (primary N) is 1. The van der Waals surface area contributed by atoms with Crippen LogP contribution in [0, 0.1) is 13.8 Å². The number of rotatable bonds is 2. The SMILES string of the molecule is Cc1nc(C)c(CNC(N)=O)s1. The van der Waals surface area contributed by atoms with Gasteiger partial charge >= 0.3 is 6.03 Å². The van der Waals surface area contributed by atoms with Crippen LogP contribution in [-0.4, -0.2) is 11.0 Å². The summed E-state index contributed by atoms with van der Waals surface area (Å²) < 4.78 is 0. The van der Waals surface area contributed by atoms with Gasteiger partial charge in [-0.3, -0.25) is 0 Å². The van der Waals surface area contributed by atoms with Gasteiger partial charge in [0.15, 0.2) is 0 Å². The number of nitrogens with zero attached hydrogens (tertiary/aromatic N) is 1. The van der Waals surface area contributed by atoms with E-state index in [4.69, 9.17) is 5.73 Å². The Bertz CT molecular complexity index is 295. The number of hydrogen-bond acceptors (Lipinski definition) is 3. The molecule has 12 heavy (non-hydrogen) atoms. The number of primary amides is 1. The topological polar surface area (TPSA) is 68.0 Å². The van der Waals surface area contributed by atoms with Gasteiger partial charge in [-0.2, -0.15) is 0 Å². The van der Waals surface area contributed by atoms with Gasteiger partial charge in [-0.25, -0.2) is 9.78 Å². The number of nitrogens with one attached hydrogen (secondary N) is 1. The number of carbonyl (C=O) groups is 1. The highest BCUT2D eigenvalue weighted by Gasteiger charge is 2.04. The second-order valence-corrected chi connectivity index (χ2v) is 3.75. The summed E-state index contributed by atoms with van der Waals surface area (Å²) in [6.07, 6.45) is 0. The van der Waals surface area contributed by atoms with E-state index < -0.39 is 6.03 Å². The van der Waals surface area contributed by atoms with Crippen molar-refractivity contribution in [2.45, 2.75) is 20.4 Å². The lowest BCUT2D eigenvalue weighted by Gasteiger charge is -1.97. The third kappa shape index (κ3) is 2.20. The molecule has 1 rings (SSSR count). The second kappa shape index (κ2) is 3.53. The van der Waals surface area contributed by atoms with Crippen LogP contribution in [0.3, 0.4) is 0 Å². The van der Waals surface area contributed by atoms with Crippen LogP contribution in [0.25, 0.3) is 0 Å². The Morgan fingerprint density at radius 2 is 2.33 bits per heavy atom. The van der Waals surface area contributed by atoms with Crippen molar-refractivity contribution in [1.82, 2.24) is 10.3 Å². The molecule has 0 aliphatic carbocycles. The fraction of sp³-hybridized carbons (Fsp3) is 0.429. The van der Waals surface area contributed by atoms with Crippen LogP contribution in [0.5, 0.6) is 0 Å². The van der Waals surface area contributed by atoms with Crippen LogP contribution in [0.4, 0.5) is 4.79 Å². The van der Waals surface area contributed by atoms with Gasteiger partial charge in [0.2, 0.25) is 0 Å². The Balaban J connectivity index is 2.62. The van der Waals surface area contributed by atoms with Gasteiger partial charge in [-0.05, 0) is 13.8 Å². The molecule has 0 bridgehead atoms. The average Bonchev–Trinajstić information content (AvgIpc) is 2.26. The molecule has 0 aromatic carbocycles. The quantitative estimate of drug-likeness (QED) is 0.719. The Labute approximate surface area is 74.8 Å². The van der Waals surface area contributed by atoms with E-state index in [2.05, 4.69) is 10.3 Å². The molecule has 0 fully saturated rings. The van der Waals surface area contributed by atoms with Crippen LogP contribution in [0.1, 0.15) is 15.6 Å². The molecule has 4 nitrogen and oxygen atoms in total. The Morgan fingerprint density at radius 1 is 1.67 bits per heavy atom. The summed E-state index contributed by atoms with van der Waals surface area (Å²) in [6.45, 7) is 4.33. The average molecular weight is 185 g/mol. The maximum absolute atomic E-state index is 10.4. The first-order valence-corrected chi connectivity index (χ1v) is 4.37. The van der Waals surface area contributed by atoms with E-state index in [0.717, 1.165) is 15.6 Å². The molecule has 0 radical (unpaired) electrons. The highest BCUT2D eigenvalue weighted by molar-refractivity contribution is 7.11. The summed E-state index contributed by atoms with van der Waals surface area (Å²) in [5, 5.41) is 3.53. The van der Waals surface area contributed by atoms with Gasteiger partial charge < -0.3 is 11.1 Å². The Morgan fingerprint density at radius 3 is 2.75 bits per heavy atom. The molecule has 1 aromatic rings. The van der Waals surface area contributed by atoms with Crippen molar-refractivity contribution < 1.29 is 4.79 Å². The van der Waals surface area contributed by atoms with Gasteiger partial charge in [0, 0.05) is 4.88 Å². The van der Waals surface area contributed by atoms with Gasteiger partial charge in [-0.15, -0.1) is 11.3 Å². The van der Waals surface area contributed by atoms with Crippen molar-refractivity contribution in [2.24, 2.45) is 5.73 Å². The number of carbonyl (C=O) groups excluding carboxylic acids is 1. The largest absolute Gasteiger partial charge is 0.352 e. The summed E-state index contributed by atoms with van der Waals surface area (Å²) in [6, 6.07) is -0.500. The standard InChI is InChI=1S/C7H11N3OS/c1-4-6(3-9-7(8)11)12-5(2)10-4/h3H2,1-2H3,(H3,8,9,11). The Hall–Kier alpha value is -1.10. The number of aromatic nitrogens is 1. The molecule has 0 aliphatic rings. The fourth-order valence-corrected chi connectivity index (χ4v) is 1.78. The molecule has 5 heteroatoms. The summed E-state index contributed by atoms with van der Waals surface area (Å²) >= 11 is 1.57. The van der Waals surface area contributed by atoms with Crippen LogP contribution in [0.2, 0.25) is 0 Å². The smallest absolute Gasteiger partial charge is 0.312 e. The molecule has 0 unspecified atom stereocenters. The molecule has 2 amide bonds. The summed E-state index contributed by atoms with van der Waals surface area (Å²) in [5.41, 5.74) is 5.90. The van der Waals surface area contributed by atoms with Crippen LogP contribution in [-0.2, 0) is 6.54 Å². The summed E-state index contributed by atoms with van der Waals surface area (Å²) in [7, 11) is 0. The highest BCUT2D eigenvalue weighted by atomic mass is 32.1. The molecule has 1 heterocycles. The van der Waals surface area contributed by atoms with Gasteiger partial charge in [0.1, 0.15) is 0 Å². The highest BCUT2D eigenvalue weighted by Crippen LogP contribution is 2.16. The zero-order valence-corrected chi connectivity index (χ0v) is 7.86. The first kappa shape index (κ1) is 8.99. The van der Waals surface area contributed by atoms with Crippen molar-refractivity contribution in [3.63, 3.8) is 0 Å². The Kier molecular flexibility index (Phi) is 2.65. The minimum atomic E-state index is -0.500. The van der Waals surface area contributed by atoms with E-state index in [1.54, 1.807) is 11.3 Å². The minimum Gasteiger partial charge on any atom is -0.352 e. The molecule has 1 aromatic heterocycles. The van der Waals surface area contributed by atoms with Crippen LogP contribution < -0.4 is 11.1 Å². The molecule has 0 aliphatic heterocycles. The van der Waals surface area contributed by atoms with E-state index in [1.807, 2.05) is 13.8 Å². The third-order valence-electron chi connectivity index (χ3n) is 1.42. The lowest BCUT2D eigenvalue weighted by Crippen LogP contribution is -2.28. The van der Waals surface area contributed by atoms with Gasteiger partial charge in [-0.1, -0.05) is 0 Å². The lowest BCUT2D eigenvalue weighted by atomic mass is 10.4. The zero-order chi connectivity index (χ0) is 9.14. The fourth-order valence-electron chi connectivity index (χ4n) is 0.905. The minimum absolute atomic E-state index is 0.479. The van der Waals surface area contributed by atoms with Gasteiger partial charge in [0.25, 0.3) is 0 Å². The van der Waals surface area contributed by atoms with E-state index in [0.29, 0.717) is 6.54 Å². The molecule has 0 saturated heterocycles. The maximum Gasteiger partial charge on any atom is 0.312 e. The first-order valence-electron chi connectivity index (χ1n) is 3.56. The number of hydrogen-bond donors (Lipinski definition) is 2. The molecule has 0 spiro atoms. The van der Waals surface area contributed by atoms with Crippen molar-refractivity contribution in [3.8, 4) is 0 Å².